The van der Waals surface area contributed by atoms with E-state index in [9.17, 15) is 24.4 Å². The third kappa shape index (κ3) is 5.83. The topological polar surface area (TPSA) is 152 Å². The van der Waals surface area contributed by atoms with E-state index < -0.39 is 49.6 Å². The molecule has 1 fully saturated rings. The fourth-order valence-corrected chi connectivity index (χ4v) is 6.16. The molecule has 4 rings (SSSR count). The molecule has 0 aliphatic carbocycles. The van der Waals surface area contributed by atoms with E-state index in [0.29, 0.717) is 5.75 Å². The molecule has 11 nitrogen and oxygen atoms in total. The molecule has 13 heteroatoms. The highest BCUT2D eigenvalue weighted by atomic mass is 35.5. The van der Waals surface area contributed by atoms with Crippen molar-refractivity contribution < 1.29 is 28.6 Å². The summed E-state index contributed by atoms with van der Waals surface area (Å²) in [5.41, 5.74) is -3.47. The molecule has 37 heavy (non-hydrogen) atoms. The van der Waals surface area contributed by atoms with Gasteiger partial charge in [0.2, 0.25) is 0 Å². The van der Waals surface area contributed by atoms with E-state index in [1.165, 1.54) is 0 Å². The largest absolute Gasteiger partial charge is 0.459 e. The quantitative estimate of drug-likeness (QED) is 0.219. The van der Waals surface area contributed by atoms with Gasteiger partial charge in [0, 0.05) is 29.6 Å². The number of fused-ring (bicyclic) bond motifs is 1. The van der Waals surface area contributed by atoms with Crippen LogP contribution < -0.4 is 20.9 Å². The number of ether oxygens (including phenoxy) is 1. The molecule has 2 aromatic carbocycles. The minimum absolute atomic E-state index is 0.0588. The summed E-state index contributed by atoms with van der Waals surface area (Å²) in [5, 5.41) is 26.7. The van der Waals surface area contributed by atoms with E-state index in [1.807, 2.05) is 30.3 Å². The number of benzene rings is 2. The van der Waals surface area contributed by atoms with Crippen LogP contribution in [0.15, 0.2) is 64.3 Å². The van der Waals surface area contributed by atoms with Crippen LogP contribution in [-0.4, -0.2) is 56.1 Å². The smallest absolute Gasteiger partial charge is 0.413 e. The first-order chi connectivity index (χ1) is 17.6. The Kier molecular flexibility index (Phi) is 8.25. The maximum absolute atomic E-state index is 13.8. The summed E-state index contributed by atoms with van der Waals surface area (Å²) in [7, 11) is -4.01. The van der Waals surface area contributed by atoms with Crippen molar-refractivity contribution in [1.82, 2.24) is 14.6 Å². The minimum atomic E-state index is -4.01. The molecule has 1 aliphatic heterocycles. The lowest BCUT2D eigenvalue weighted by Crippen LogP contribution is -2.49. The van der Waals surface area contributed by atoms with Crippen LogP contribution in [0.2, 0.25) is 0 Å². The van der Waals surface area contributed by atoms with E-state index >= 15 is 0 Å². The molecule has 1 saturated heterocycles. The molecule has 0 bridgehead atoms. The summed E-state index contributed by atoms with van der Waals surface area (Å²) in [6.07, 6.45) is -3.17. The summed E-state index contributed by atoms with van der Waals surface area (Å²) in [5.74, 6) is 0.273. The summed E-state index contributed by atoms with van der Waals surface area (Å²) < 4.78 is 32.1. The van der Waals surface area contributed by atoms with Gasteiger partial charge in [0.05, 0.1) is 6.61 Å². The number of aliphatic hydroxyl groups is 2. The predicted octanol–water partition coefficient (Wildman–Crippen LogP) is 2.51. The van der Waals surface area contributed by atoms with Crippen molar-refractivity contribution in [3.05, 3.63) is 75.6 Å². The number of halogens is 1. The van der Waals surface area contributed by atoms with Crippen molar-refractivity contribution in [2.75, 3.05) is 12.5 Å². The Balaban J connectivity index is 1.60. The first kappa shape index (κ1) is 27.5. The van der Waals surface area contributed by atoms with Crippen LogP contribution >= 0.6 is 19.3 Å². The van der Waals surface area contributed by atoms with Crippen molar-refractivity contribution in [2.45, 2.75) is 50.3 Å². The van der Waals surface area contributed by atoms with Crippen LogP contribution in [0.1, 0.15) is 26.5 Å². The number of hydrogen-bond acceptors (Lipinski definition) is 8. The Morgan fingerprint density at radius 3 is 2.65 bits per heavy atom. The summed E-state index contributed by atoms with van der Waals surface area (Å²) in [4.78, 5) is 26.0. The summed E-state index contributed by atoms with van der Waals surface area (Å²) in [6, 6.07) is 13.5. The van der Waals surface area contributed by atoms with Crippen molar-refractivity contribution in [2.24, 2.45) is 0 Å². The molecule has 0 radical (unpaired) electrons. The highest BCUT2D eigenvalue weighted by Gasteiger charge is 2.56. The van der Waals surface area contributed by atoms with E-state index in [0.717, 1.165) is 27.6 Å². The molecular formula is C24H29ClN3O8P. The molecule has 0 saturated carbocycles. The lowest BCUT2D eigenvalue weighted by Gasteiger charge is -2.31. The molecule has 0 spiro atoms. The Morgan fingerprint density at radius 2 is 1.95 bits per heavy atom. The molecule has 1 aromatic heterocycles. The maximum Gasteiger partial charge on any atom is 0.459 e. The standard InChI is InChI=1S/C24H29ClN3O8P/c1-15(2)27-37(33,36-18-9-5-7-16-6-3-4-8-17(16)18)34-14-19-21(30)24(32,11-12-25)22(35-19)28-13-10-20(29)26-23(28)31/h3-10,13,15,19,21-22,30,32H,11-12,14H2,1-2H3,(H,27,33)(H,26,29,31). The van der Waals surface area contributed by atoms with E-state index in [-0.39, 0.29) is 18.3 Å². The molecule has 2 heterocycles. The number of nitrogens with zero attached hydrogens (tertiary/aromatic N) is 1. The van der Waals surface area contributed by atoms with Crippen LogP contribution in [-0.2, 0) is 13.8 Å². The second-order valence-electron chi connectivity index (χ2n) is 9.06. The van der Waals surface area contributed by atoms with Gasteiger partial charge in [-0.1, -0.05) is 36.4 Å². The van der Waals surface area contributed by atoms with Gasteiger partial charge in [-0.3, -0.25) is 18.9 Å². The molecule has 5 atom stereocenters. The van der Waals surface area contributed by atoms with Crippen LogP contribution in [0.25, 0.3) is 10.8 Å². The number of hydrogen-bond donors (Lipinski definition) is 4. The summed E-state index contributed by atoms with van der Waals surface area (Å²) >= 11 is 5.87. The molecule has 1 aliphatic rings. The van der Waals surface area contributed by atoms with E-state index in [4.69, 9.17) is 25.4 Å². The van der Waals surface area contributed by atoms with Crippen LogP contribution in [0, 0.1) is 0 Å². The maximum atomic E-state index is 13.8. The fraction of sp³-hybridized carbons (Fsp3) is 0.417. The number of alkyl halides is 1. The SMILES string of the molecule is CC(C)NP(=O)(OCC1OC(n2ccc(=O)[nH]c2=O)C(O)(CCCl)C1O)Oc1cccc2ccccc12. The number of H-pyrrole nitrogens is 1. The third-order valence-electron chi connectivity index (χ3n) is 5.99. The minimum Gasteiger partial charge on any atom is -0.413 e. The lowest BCUT2D eigenvalue weighted by molar-refractivity contribution is -0.112. The highest BCUT2D eigenvalue weighted by molar-refractivity contribution is 7.52. The average Bonchev–Trinajstić information content (AvgIpc) is 3.08. The average molecular weight is 554 g/mol. The van der Waals surface area contributed by atoms with Crippen molar-refractivity contribution in [3.63, 3.8) is 0 Å². The monoisotopic (exact) mass is 553 g/mol. The molecule has 3 aromatic rings. The van der Waals surface area contributed by atoms with Gasteiger partial charge in [-0.2, -0.15) is 0 Å². The fourth-order valence-electron chi connectivity index (χ4n) is 4.28. The van der Waals surface area contributed by atoms with E-state index in [1.54, 1.807) is 26.0 Å². The van der Waals surface area contributed by atoms with Crippen molar-refractivity contribution >= 4 is 30.1 Å². The van der Waals surface area contributed by atoms with Crippen molar-refractivity contribution in [3.8, 4) is 5.75 Å². The van der Waals surface area contributed by atoms with E-state index in [2.05, 4.69) is 10.1 Å². The number of aromatic amines is 1. The number of rotatable bonds is 10. The zero-order valence-electron chi connectivity index (χ0n) is 20.2. The Labute approximate surface area is 217 Å². The molecular weight excluding hydrogens is 525 g/mol. The van der Waals surface area contributed by atoms with Gasteiger partial charge in [0.1, 0.15) is 23.6 Å². The highest BCUT2D eigenvalue weighted by Crippen LogP contribution is 2.48. The van der Waals surface area contributed by atoms with Gasteiger partial charge in [0.15, 0.2) is 6.23 Å². The van der Waals surface area contributed by atoms with Crippen molar-refractivity contribution in [1.29, 1.82) is 0 Å². The number of aromatic nitrogens is 2. The van der Waals surface area contributed by atoms with Gasteiger partial charge < -0.3 is 19.5 Å². The zero-order chi connectivity index (χ0) is 26.8. The Hall–Kier alpha value is -2.50. The van der Waals surface area contributed by atoms with Gasteiger partial charge in [-0.25, -0.2) is 14.4 Å². The van der Waals surface area contributed by atoms with Crippen LogP contribution in [0.5, 0.6) is 5.75 Å². The van der Waals surface area contributed by atoms with Gasteiger partial charge >= 0.3 is 13.4 Å². The van der Waals surface area contributed by atoms with Crippen LogP contribution in [0.3, 0.4) is 0 Å². The zero-order valence-corrected chi connectivity index (χ0v) is 21.9. The summed E-state index contributed by atoms with van der Waals surface area (Å²) in [6.45, 7) is 3.07. The predicted molar refractivity (Wildman–Crippen MR) is 138 cm³/mol. The second kappa shape index (κ2) is 11.1. The first-order valence-corrected chi connectivity index (χ1v) is 13.8. The van der Waals surface area contributed by atoms with Gasteiger partial charge in [-0.05, 0) is 31.7 Å². The number of nitrogens with one attached hydrogen (secondary N) is 2. The lowest BCUT2D eigenvalue weighted by atomic mass is 9.91. The van der Waals surface area contributed by atoms with Gasteiger partial charge in [-0.15, -0.1) is 11.6 Å². The second-order valence-corrected chi connectivity index (χ2v) is 11.1. The molecule has 4 N–H and O–H groups in total. The number of aliphatic hydroxyl groups excluding tert-OH is 1. The Morgan fingerprint density at radius 1 is 1.22 bits per heavy atom. The molecule has 0 amide bonds. The first-order valence-electron chi connectivity index (χ1n) is 11.7. The molecule has 200 valence electrons. The molecule has 5 unspecified atom stereocenters. The Bertz CT molecular complexity index is 1410. The third-order valence-corrected chi connectivity index (χ3v) is 7.94. The van der Waals surface area contributed by atoms with Gasteiger partial charge in [0.25, 0.3) is 5.56 Å². The van der Waals surface area contributed by atoms with Crippen LogP contribution in [0.4, 0.5) is 0 Å². The normalized spacial score (nSPS) is 25.4.